The summed E-state index contributed by atoms with van der Waals surface area (Å²) in [5.74, 6) is -4.44. The first-order valence-electron chi connectivity index (χ1n) is 13.1. The number of anilines is 1. The van der Waals surface area contributed by atoms with E-state index in [4.69, 9.17) is 9.47 Å². The first-order chi connectivity index (χ1) is 19.4. The molecule has 3 atom stereocenters. The zero-order valence-corrected chi connectivity index (χ0v) is 21.1. The Hall–Kier alpha value is -4.18. The molecule has 1 saturated heterocycles. The average Bonchev–Trinajstić information content (AvgIpc) is 3.75. The molecule has 0 spiro atoms. The predicted octanol–water partition coefficient (Wildman–Crippen LogP) is 5.94. The quantitative estimate of drug-likeness (QED) is 0.252. The number of hydrogen-bond donors (Lipinski definition) is 1. The number of para-hydroxylation sites is 1. The summed E-state index contributed by atoms with van der Waals surface area (Å²) in [5.41, 5.74) is 0.654. The molecule has 1 amide bonds. The van der Waals surface area contributed by atoms with Gasteiger partial charge in [0, 0.05) is 48.7 Å². The first kappa shape index (κ1) is 24.8. The van der Waals surface area contributed by atoms with Crippen molar-refractivity contribution in [1.29, 1.82) is 0 Å². The molecule has 7 rings (SSSR count). The van der Waals surface area contributed by atoms with Gasteiger partial charge in [-0.2, -0.15) is 0 Å². The summed E-state index contributed by atoms with van der Waals surface area (Å²) in [6, 6.07) is 10.9. The summed E-state index contributed by atoms with van der Waals surface area (Å²) >= 11 is 0. The number of pyridine rings is 1. The van der Waals surface area contributed by atoms with E-state index in [0.29, 0.717) is 49.1 Å². The van der Waals surface area contributed by atoms with Gasteiger partial charge >= 0.3 is 0 Å². The minimum atomic E-state index is -1.44. The Labute approximate surface area is 228 Å². The molecule has 1 aromatic heterocycles. The number of morpholine rings is 1. The number of fused-ring (bicyclic) bond motifs is 3. The van der Waals surface area contributed by atoms with Crippen molar-refractivity contribution in [1.82, 2.24) is 10.3 Å². The van der Waals surface area contributed by atoms with Gasteiger partial charge in [-0.3, -0.25) is 9.78 Å². The molecular formula is C30H25F4N3O3. The van der Waals surface area contributed by atoms with Crippen molar-refractivity contribution in [3.63, 3.8) is 0 Å². The first-order valence-corrected chi connectivity index (χ1v) is 13.1. The van der Waals surface area contributed by atoms with E-state index in [9.17, 15) is 18.0 Å². The van der Waals surface area contributed by atoms with Crippen LogP contribution in [0.2, 0.25) is 0 Å². The van der Waals surface area contributed by atoms with Crippen LogP contribution in [-0.4, -0.2) is 42.8 Å². The molecular weight excluding hydrogens is 526 g/mol. The lowest BCUT2D eigenvalue weighted by Crippen LogP contribution is -2.39. The number of hydrogen-bond acceptors (Lipinski definition) is 5. The molecule has 3 aliphatic rings. The fourth-order valence-electron chi connectivity index (χ4n) is 5.84. The lowest BCUT2D eigenvalue weighted by Gasteiger charge is -2.32. The molecule has 10 heteroatoms. The van der Waals surface area contributed by atoms with Crippen LogP contribution in [0.5, 0.6) is 5.75 Å². The highest BCUT2D eigenvalue weighted by molar-refractivity contribution is 6.10. The fraction of sp³-hybridized carbons (Fsp3) is 0.267. The van der Waals surface area contributed by atoms with Gasteiger partial charge < -0.3 is 19.7 Å². The molecule has 2 fully saturated rings. The molecule has 0 radical (unpaired) electrons. The largest absolute Gasteiger partial charge is 0.493 e. The maximum atomic E-state index is 15.2. The highest BCUT2D eigenvalue weighted by Gasteiger charge is 2.47. The zero-order valence-electron chi connectivity index (χ0n) is 21.1. The Bertz CT molecular complexity index is 1690. The lowest BCUT2D eigenvalue weighted by atomic mass is 9.97. The van der Waals surface area contributed by atoms with Crippen LogP contribution in [0.1, 0.15) is 36.2 Å². The lowest BCUT2D eigenvalue weighted by molar-refractivity contribution is 0.0920. The number of amides is 1. The highest BCUT2D eigenvalue weighted by atomic mass is 19.2. The minimum absolute atomic E-state index is 0. The Morgan fingerprint density at radius 2 is 1.90 bits per heavy atom. The molecule has 0 bridgehead atoms. The minimum Gasteiger partial charge on any atom is -0.493 e. The van der Waals surface area contributed by atoms with E-state index >= 15 is 4.39 Å². The van der Waals surface area contributed by atoms with Crippen LogP contribution in [0, 0.1) is 23.3 Å². The smallest absolute Gasteiger partial charge is 0.255 e. The number of nitrogens with zero attached hydrogens (tertiary/aromatic N) is 2. The van der Waals surface area contributed by atoms with E-state index in [0.717, 1.165) is 24.1 Å². The third-order valence-electron chi connectivity index (χ3n) is 7.78. The van der Waals surface area contributed by atoms with Crippen LogP contribution < -0.4 is 15.0 Å². The van der Waals surface area contributed by atoms with Gasteiger partial charge in [0.25, 0.3) is 5.91 Å². The standard InChI is InChI=1S/C30H23F4N3O3.H2/c31-15-11-18(27(34)21(33)12-15)26-20(32)6-5-17-28(26)35-14-19(29(17)37-8-10-40-25-13-23(25)37)30(38)36-22-7-9-39-24-4-2-1-3-16(22)24;/h1-6,11-12,14,22-23,25H,7-10,13H2,(H,36,38);1H/t22-,23?,25?;/m0./s1. The second kappa shape index (κ2) is 9.48. The maximum Gasteiger partial charge on any atom is 0.255 e. The fourth-order valence-corrected chi connectivity index (χ4v) is 5.84. The molecule has 3 aromatic carbocycles. The van der Waals surface area contributed by atoms with E-state index in [1.54, 1.807) is 0 Å². The van der Waals surface area contributed by atoms with Crippen LogP contribution in [0.3, 0.4) is 0 Å². The summed E-state index contributed by atoms with van der Waals surface area (Å²) in [4.78, 5) is 20.2. The van der Waals surface area contributed by atoms with Gasteiger partial charge in [-0.1, -0.05) is 18.2 Å². The monoisotopic (exact) mass is 551 g/mol. The van der Waals surface area contributed by atoms with Crippen molar-refractivity contribution in [3.8, 4) is 16.9 Å². The zero-order chi connectivity index (χ0) is 27.5. The number of benzene rings is 3. The summed E-state index contributed by atoms with van der Waals surface area (Å²) in [6.45, 7) is 1.34. The van der Waals surface area contributed by atoms with Crippen LogP contribution in [0.4, 0.5) is 23.2 Å². The average molecular weight is 552 g/mol. The number of carbonyl (C=O) groups excluding carboxylic acids is 1. The molecule has 1 N–H and O–H groups in total. The van der Waals surface area contributed by atoms with Gasteiger partial charge in [-0.25, -0.2) is 17.6 Å². The van der Waals surface area contributed by atoms with Crippen LogP contribution in [-0.2, 0) is 4.74 Å². The van der Waals surface area contributed by atoms with Gasteiger partial charge in [0.1, 0.15) is 17.4 Å². The molecule has 1 saturated carbocycles. The molecule has 3 heterocycles. The second-order valence-corrected chi connectivity index (χ2v) is 10.2. The number of rotatable bonds is 4. The van der Waals surface area contributed by atoms with E-state index in [1.165, 1.54) is 12.3 Å². The van der Waals surface area contributed by atoms with Crippen LogP contribution in [0.25, 0.3) is 22.0 Å². The van der Waals surface area contributed by atoms with Gasteiger partial charge in [-0.05, 0) is 30.7 Å². The molecule has 1 aliphatic carbocycles. The number of nitrogens with one attached hydrogen (secondary N) is 1. The van der Waals surface area contributed by atoms with Crippen molar-refractivity contribution < 1.29 is 33.3 Å². The molecule has 2 aliphatic heterocycles. The Morgan fingerprint density at radius 3 is 2.77 bits per heavy atom. The summed E-state index contributed by atoms with van der Waals surface area (Å²) in [5, 5.41) is 3.46. The molecule has 6 nitrogen and oxygen atoms in total. The number of halogens is 4. The Balaban J connectivity index is 0.00000302. The normalized spacial score (nSPS) is 21.4. The third-order valence-corrected chi connectivity index (χ3v) is 7.78. The van der Waals surface area contributed by atoms with E-state index in [1.807, 2.05) is 29.2 Å². The van der Waals surface area contributed by atoms with Crippen molar-refractivity contribution in [3.05, 3.63) is 89.1 Å². The van der Waals surface area contributed by atoms with Crippen LogP contribution >= 0.6 is 0 Å². The van der Waals surface area contributed by atoms with Crippen molar-refractivity contribution in [2.45, 2.75) is 31.0 Å². The molecule has 4 aromatic rings. The van der Waals surface area contributed by atoms with Gasteiger partial charge in [-0.15, -0.1) is 0 Å². The predicted molar refractivity (Wildman–Crippen MR) is 141 cm³/mol. The topological polar surface area (TPSA) is 63.7 Å². The highest BCUT2D eigenvalue weighted by Crippen LogP contribution is 2.44. The molecule has 2 unspecified atom stereocenters. The summed E-state index contributed by atoms with van der Waals surface area (Å²) in [6.07, 6.45) is 2.66. The Morgan fingerprint density at radius 1 is 1.05 bits per heavy atom. The van der Waals surface area contributed by atoms with Gasteiger partial charge in [0.2, 0.25) is 0 Å². The van der Waals surface area contributed by atoms with Crippen LogP contribution in [0.15, 0.2) is 54.7 Å². The molecule has 40 heavy (non-hydrogen) atoms. The van der Waals surface area contributed by atoms with E-state index in [-0.39, 0.29) is 42.2 Å². The SMILES string of the molecule is O=C(N[C@H]1CCOc2ccccc21)c1cnc2c(-c3cc(F)cc(F)c3F)c(F)ccc2c1N1CCOC2CC21.[HH]. The Kier molecular flexibility index (Phi) is 5.88. The maximum absolute atomic E-state index is 15.2. The molecule has 206 valence electrons. The van der Waals surface area contributed by atoms with Crippen molar-refractivity contribution in [2.24, 2.45) is 0 Å². The summed E-state index contributed by atoms with van der Waals surface area (Å²) in [7, 11) is 0. The van der Waals surface area contributed by atoms with E-state index < -0.39 is 28.8 Å². The van der Waals surface area contributed by atoms with Crippen molar-refractivity contribution in [2.75, 3.05) is 24.7 Å². The van der Waals surface area contributed by atoms with E-state index in [2.05, 4.69) is 10.3 Å². The third kappa shape index (κ3) is 4.05. The van der Waals surface area contributed by atoms with Crippen molar-refractivity contribution >= 4 is 22.5 Å². The van der Waals surface area contributed by atoms with Gasteiger partial charge in [0.05, 0.1) is 48.2 Å². The van der Waals surface area contributed by atoms with Gasteiger partial charge in [0.15, 0.2) is 11.6 Å². The second-order valence-electron chi connectivity index (χ2n) is 10.2. The summed E-state index contributed by atoms with van der Waals surface area (Å²) < 4.78 is 69.8. The number of ether oxygens (including phenoxy) is 2. The number of aromatic nitrogens is 1. The number of carbonyl (C=O) groups is 1.